The van der Waals surface area contributed by atoms with Gasteiger partial charge in [-0.3, -0.25) is 10.1 Å². The molecule has 0 fully saturated rings. The van der Waals surface area contributed by atoms with Crippen molar-refractivity contribution in [2.45, 2.75) is 6.04 Å². The Hall–Kier alpha value is -3.68. The van der Waals surface area contributed by atoms with Gasteiger partial charge in [-0.2, -0.15) is 10.1 Å². The van der Waals surface area contributed by atoms with E-state index in [1.165, 1.54) is 18.5 Å². The lowest BCUT2D eigenvalue weighted by Crippen LogP contribution is -2.20. The summed E-state index contributed by atoms with van der Waals surface area (Å²) >= 11 is 0. The quantitative estimate of drug-likeness (QED) is 0.574. The standard InChI is InChI=1S/C18H15N5O3/c1-26-15-8-4-12(5-9-15)16-10-17(22-18(21-16)19-11-20-22)13-2-6-14(7-3-13)23(24)25/h2-11,17H,1H3,(H,19,20,21)/t17-/m0/s1. The summed E-state index contributed by atoms with van der Waals surface area (Å²) in [6.45, 7) is 0. The fraction of sp³-hybridized carbons (Fsp3) is 0.111. The number of anilines is 1. The number of methoxy groups -OCH3 is 1. The molecule has 3 aromatic rings. The lowest BCUT2D eigenvalue weighted by atomic mass is 10.0. The largest absolute Gasteiger partial charge is 0.497 e. The van der Waals surface area contributed by atoms with Crippen LogP contribution in [0.5, 0.6) is 5.75 Å². The minimum absolute atomic E-state index is 0.0563. The van der Waals surface area contributed by atoms with Crippen molar-refractivity contribution in [1.29, 1.82) is 0 Å². The molecule has 8 nitrogen and oxygen atoms in total. The first-order valence-corrected chi connectivity index (χ1v) is 7.93. The van der Waals surface area contributed by atoms with Crippen LogP contribution in [0.4, 0.5) is 11.6 Å². The summed E-state index contributed by atoms with van der Waals surface area (Å²) in [5.41, 5.74) is 2.80. The molecule has 0 spiro atoms. The molecule has 2 heterocycles. The molecule has 26 heavy (non-hydrogen) atoms. The number of non-ortho nitro benzene ring substituents is 1. The van der Waals surface area contributed by atoms with Gasteiger partial charge in [-0.1, -0.05) is 0 Å². The van der Waals surface area contributed by atoms with Gasteiger partial charge in [0.15, 0.2) is 0 Å². The van der Waals surface area contributed by atoms with Crippen LogP contribution in [-0.4, -0.2) is 26.8 Å². The molecule has 0 amide bonds. The summed E-state index contributed by atoms with van der Waals surface area (Å²) in [4.78, 5) is 14.7. The summed E-state index contributed by atoms with van der Waals surface area (Å²) in [5, 5.41) is 18.4. The number of aromatic nitrogens is 3. The van der Waals surface area contributed by atoms with Gasteiger partial charge in [0.1, 0.15) is 18.1 Å². The van der Waals surface area contributed by atoms with Gasteiger partial charge in [0, 0.05) is 17.8 Å². The fourth-order valence-corrected chi connectivity index (χ4v) is 2.90. The highest BCUT2D eigenvalue weighted by atomic mass is 16.6. The molecule has 1 aliphatic heterocycles. The van der Waals surface area contributed by atoms with Crippen molar-refractivity contribution in [2.75, 3.05) is 12.4 Å². The first-order valence-electron chi connectivity index (χ1n) is 7.93. The van der Waals surface area contributed by atoms with Crippen molar-refractivity contribution in [2.24, 2.45) is 0 Å². The Labute approximate surface area is 148 Å². The van der Waals surface area contributed by atoms with Crippen LogP contribution in [0.25, 0.3) is 5.70 Å². The average molecular weight is 349 g/mol. The molecule has 8 heteroatoms. The van der Waals surface area contributed by atoms with E-state index in [-0.39, 0.29) is 11.7 Å². The predicted molar refractivity (Wildman–Crippen MR) is 95.9 cm³/mol. The Morgan fingerprint density at radius 3 is 2.54 bits per heavy atom. The topological polar surface area (TPSA) is 95.1 Å². The van der Waals surface area contributed by atoms with Crippen molar-refractivity contribution >= 4 is 17.3 Å². The fourth-order valence-electron chi connectivity index (χ4n) is 2.90. The summed E-state index contributed by atoms with van der Waals surface area (Å²) in [7, 11) is 1.63. The van der Waals surface area contributed by atoms with E-state index in [1.807, 2.05) is 30.3 Å². The number of hydrogen-bond acceptors (Lipinski definition) is 6. The maximum Gasteiger partial charge on any atom is 0.269 e. The molecule has 0 unspecified atom stereocenters. The van der Waals surface area contributed by atoms with Crippen molar-refractivity contribution in [3.63, 3.8) is 0 Å². The third-order valence-electron chi connectivity index (χ3n) is 4.25. The molecule has 2 aromatic carbocycles. The Bertz CT molecular complexity index is 977. The Kier molecular flexibility index (Phi) is 3.85. The molecular formula is C18H15N5O3. The predicted octanol–water partition coefficient (Wildman–Crippen LogP) is 3.25. The Morgan fingerprint density at radius 2 is 1.88 bits per heavy atom. The maximum atomic E-state index is 10.9. The third kappa shape index (κ3) is 2.77. The molecule has 0 saturated heterocycles. The van der Waals surface area contributed by atoms with Crippen LogP contribution in [0.15, 0.2) is 60.9 Å². The van der Waals surface area contributed by atoms with Crippen LogP contribution >= 0.6 is 0 Å². The number of ether oxygens (including phenoxy) is 1. The Balaban J connectivity index is 1.74. The highest BCUT2D eigenvalue weighted by Gasteiger charge is 2.23. The van der Waals surface area contributed by atoms with Gasteiger partial charge < -0.3 is 10.1 Å². The number of fused-ring (bicyclic) bond motifs is 1. The number of nitro groups is 1. The molecular weight excluding hydrogens is 334 g/mol. The van der Waals surface area contributed by atoms with E-state index in [2.05, 4.69) is 15.4 Å². The molecule has 1 aliphatic rings. The van der Waals surface area contributed by atoms with Gasteiger partial charge in [-0.15, -0.1) is 0 Å². The number of nitro benzene ring substituents is 1. The minimum atomic E-state index is -0.411. The van der Waals surface area contributed by atoms with E-state index in [1.54, 1.807) is 23.9 Å². The highest BCUT2D eigenvalue weighted by Crippen LogP contribution is 2.32. The molecule has 0 aliphatic carbocycles. The van der Waals surface area contributed by atoms with Crippen LogP contribution in [0.2, 0.25) is 0 Å². The molecule has 0 saturated carbocycles. The lowest BCUT2D eigenvalue weighted by Gasteiger charge is -2.24. The van der Waals surface area contributed by atoms with Crippen molar-refractivity contribution in [3.05, 3.63) is 82.2 Å². The van der Waals surface area contributed by atoms with E-state index in [0.29, 0.717) is 5.95 Å². The van der Waals surface area contributed by atoms with Gasteiger partial charge in [0.2, 0.25) is 5.95 Å². The number of nitrogens with zero attached hydrogens (tertiary/aromatic N) is 4. The molecule has 1 atom stereocenters. The van der Waals surface area contributed by atoms with Gasteiger partial charge in [-0.05, 0) is 53.6 Å². The summed E-state index contributed by atoms with van der Waals surface area (Å²) in [6, 6.07) is 13.9. The second-order valence-corrected chi connectivity index (χ2v) is 5.76. The SMILES string of the molecule is COc1ccc(C2=C[C@@H](c3ccc([N+](=O)[O-])cc3)n3ncnc3N2)cc1. The molecule has 0 radical (unpaired) electrons. The smallest absolute Gasteiger partial charge is 0.269 e. The van der Waals surface area contributed by atoms with Crippen LogP contribution in [0, 0.1) is 10.1 Å². The lowest BCUT2D eigenvalue weighted by molar-refractivity contribution is -0.384. The van der Waals surface area contributed by atoms with Gasteiger partial charge >= 0.3 is 0 Å². The van der Waals surface area contributed by atoms with Crippen LogP contribution in [0.1, 0.15) is 17.2 Å². The van der Waals surface area contributed by atoms with E-state index < -0.39 is 4.92 Å². The molecule has 130 valence electrons. The van der Waals surface area contributed by atoms with Crippen LogP contribution in [-0.2, 0) is 0 Å². The summed E-state index contributed by atoms with van der Waals surface area (Å²) in [5.74, 6) is 1.39. The molecule has 1 N–H and O–H groups in total. The van der Waals surface area contributed by atoms with Crippen molar-refractivity contribution in [1.82, 2.24) is 14.8 Å². The van der Waals surface area contributed by atoms with Crippen LogP contribution < -0.4 is 10.1 Å². The maximum absolute atomic E-state index is 10.9. The first-order chi connectivity index (χ1) is 12.7. The van der Waals surface area contributed by atoms with E-state index in [0.717, 1.165) is 22.6 Å². The average Bonchev–Trinajstić information content (AvgIpc) is 3.16. The van der Waals surface area contributed by atoms with Crippen LogP contribution in [0.3, 0.4) is 0 Å². The van der Waals surface area contributed by atoms with E-state index >= 15 is 0 Å². The summed E-state index contributed by atoms with van der Waals surface area (Å²) < 4.78 is 6.94. The molecule has 0 bridgehead atoms. The second kappa shape index (κ2) is 6.32. The van der Waals surface area contributed by atoms with E-state index in [9.17, 15) is 10.1 Å². The van der Waals surface area contributed by atoms with Gasteiger partial charge in [0.25, 0.3) is 5.69 Å². The number of allylic oxidation sites excluding steroid dienone is 1. The number of benzene rings is 2. The first kappa shape index (κ1) is 15.8. The van der Waals surface area contributed by atoms with Crippen molar-refractivity contribution < 1.29 is 9.66 Å². The minimum Gasteiger partial charge on any atom is -0.497 e. The zero-order valence-electron chi connectivity index (χ0n) is 13.9. The summed E-state index contributed by atoms with van der Waals surface area (Å²) in [6.07, 6.45) is 3.50. The Morgan fingerprint density at radius 1 is 1.15 bits per heavy atom. The second-order valence-electron chi connectivity index (χ2n) is 5.76. The monoisotopic (exact) mass is 349 g/mol. The molecule has 4 rings (SSSR count). The van der Waals surface area contributed by atoms with Gasteiger partial charge in [-0.25, -0.2) is 4.68 Å². The molecule has 1 aromatic heterocycles. The zero-order valence-corrected chi connectivity index (χ0v) is 13.9. The van der Waals surface area contributed by atoms with E-state index in [4.69, 9.17) is 4.74 Å². The number of rotatable bonds is 4. The number of hydrogen-bond donors (Lipinski definition) is 1. The zero-order chi connectivity index (χ0) is 18.1. The highest BCUT2D eigenvalue weighted by molar-refractivity contribution is 5.77. The number of nitrogens with one attached hydrogen (secondary N) is 1. The third-order valence-corrected chi connectivity index (χ3v) is 4.25. The van der Waals surface area contributed by atoms with Gasteiger partial charge in [0.05, 0.1) is 12.0 Å². The van der Waals surface area contributed by atoms with Crippen molar-refractivity contribution in [3.8, 4) is 5.75 Å². The normalized spacial score (nSPS) is 15.6.